The van der Waals surface area contributed by atoms with Crippen molar-refractivity contribution in [3.05, 3.63) is 192 Å². The molecule has 1 aliphatic carbocycles. The number of para-hydroxylation sites is 2. The third-order valence-corrected chi connectivity index (χ3v) is 10.9. The van der Waals surface area contributed by atoms with Crippen molar-refractivity contribution in [2.75, 3.05) is 13.1 Å². The lowest BCUT2D eigenvalue weighted by Crippen LogP contribution is -2.64. The third-order valence-electron chi connectivity index (χ3n) is 10.9. The van der Waals surface area contributed by atoms with Crippen molar-refractivity contribution in [2.24, 2.45) is 23.7 Å². The van der Waals surface area contributed by atoms with Crippen LogP contribution < -0.4 is 9.47 Å². The summed E-state index contributed by atoms with van der Waals surface area (Å²) in [5.41, 5.74) is 3.44. The number of hydrogen-bond acceptors (Lipinski definition) is 6. The van der Waals surface area contributed by atoms with Gasteiger partial charge in [-0.3, -0.25) is 19.2 Å². The fraction of sp³-hybridized carbons (Fsp3) is 0.200. The molecular weight excluding hydrogens is 757 g/mol. The zero-order valence-corrected chi connectivity index (χ0v) is 33.0. The molecule has 10 nitrogen and oxygen atoms in total. The number of ether oxygens (including phenoxy) is 2. The van der Waals surface area contributed by atoms with Crippen molar-refractivity contribution in [1.29, 1.82) is 0 Å². The van der Waals surface area contributed by atoms with Gasteiger partial charge in [0.25, 0.3) is 0 Å². The molecule has 0 bridgehead atoms. The second-order valence-corrected chi connectivity index (χ2v) is 14.9. The third kappa shape index (κ3) is 10.3. The molecule has 0 aliphatic heterocycles. The van der Waals surface area contributed by atoms with Gasteiger partial charge in [-0.05, 0) is 83.6 Å². The molecule has 0 heterocycles. The molecule has 2 amide bonds. The summed E-state index contributed by atoms with van der Waals surface area (Å²) in [5, 5.41) is 21.0. The fourth-order valence-corrected chi connectivity index (χ4v) is 7.77. The van der Waals surface area contributed by atoms with Gasteiger partial charge in [-0.15, -0.1) is 0 Å². The summed E-state index contributed by atoms with van der Waals surface area (Å²) in [6.45, 7) is 0.630. The molecule has 6 aromatic rings. The number of aliphatic carboxylic acids is 2. The van der Waals surface area contributed by atoms with E-state index in [1.165, 1.54) is 0 Å². The van der Waals surface area contributed by atoms with E-state index in [0.29, 0.717) is 35.8 Å². The Morgan fingerprint density at radius 1 is 0.383 bits per heavy atom. The quantitative estimate of drug-likeness (QED) is 0.0882. The van der Waals surface area contributed by atoms with Crippen molar-refractivity contribution >= 4 is 23.8 Å². The SMILES string of the molecule is O=C(O)[C@H]1[C@H](C(=O)O)[C@H](C(=O)N(CCc2ccccc2)Cc2ccc(Oc3ccccc3)cc2)[C@H]1C(=O)N(CCc1ccccc1)Cc1ccc(Oc2ccccc2)cc1. The maximum Gasteiger partial charge on any atom is 0.308 e. The van der Waals surface area contributed by atoms with Crippen LogP contribution in [0.4, 0.5) is 0 Å². The number of carbonyl (C=O) groups is 4. The van der Waals surface area contributed by atoms with Crippen LogP contribution in [0.15, 0.2) is 170 Å². The van der Waals surface area contributed by atoms with Crippen LogP contribution in [-0.4, -0.2) is 56.9 Å². The van der Waals surface area contributed by atoms with Crippen LogP contribution in [0.2, 0.25) is 0 Å². The second-order valence-electron chi connectivity index (χ2n) is 14.9. The molecule has 1 fully saturated rings. The highest BCUT2D eigenvalue weighted by atomic mass is 16.5. The van der Waals surface area contributed by atoms with Gasteiger partial charge in [-0.2, -0.15) is 0 Å². The van der Waals surface area contributed by atoms with Crippen LogP contribution in [0.25, 0.3) is 0 Å². The molecule has 1 aliphatic rings. The van der Waals surface area contributed by atoms with Crippen LogP contribution in [0.5, 0.6) is 23.0 Å². The Morgan fingerprint density at radius 2 is 0.683 bits per heavy atom. The average Bonchev–Trinajstić information content (AvgIpc) is 3.25. The molecule has 4 atom stereocenters. The number of hydrogen-bond donors (Lipinski definition) is 2. The Hall–Kier alpha value is -7.20. The van der Waals surface area contributed by atoms with Gasteiger partial charge in [0.15, 0.2) is 0 Å². The monoisotopic (exact) mass is 802 g/mol. The Bertz CT molecular complexity index is 2170. The smallest absolute Gasteiger partial charge is 0.308 e. The van der Waals surface area contributed by atoms with Gasteiger partial charge in [0, 0.05) is 26.2 Å². The van der Waals surface area contributed by atoms with Crippen molar-refractivity contribution in [2.45, 2.75) is 25.9 Å². The van der Waals surface area contributed by atoms with Gasteiger partial charge in [0.1, 0.15) is 23.0 Å². The molecule has 1 saturated carbocycles. The maximum absolute atomic E-state index is 14.9. The lowest BCUT2D eigenvalue weighted by molar-refractivity contribution is -0.187. The van der Waals surface area contributed by atoms with Crippen molar-refractivity contribution < 1.29 is 38.9 Å². The zero-order chi connectivity index (χ0) is 41.8. The first-order valence-corrected chi connectivity index (χ1v) is 20.0. The summed E-state index contributed by atoms with van der Waals surface area (Å²) < 4.78 is 11.9. The molecule has 0 aromatic heterocycles. The van der Waals surface area contributed by atoms with E-state index in [2.05, 4.69) is 0 Å². The molecule has 2 N–H and O–H groups in total. The van der Waals surface area contributed by atoms with Crippen molar-refractivity contribution in [3.63, 3.8) is 0 Å². The molecule has 0 saturated heterocycles. The minimum atomic E-state index is -1.60. The number of rotatable bonds is 18. The van der Waals surface area contributed by atoms with Crippen LogP contribution in [0, 0.1) is 23.7 Å². The summed E-state index contributed by atoms with van der Waals surface area (Å²) in [5.74, 6) is -7.50. The summed E-state index contributed by atoms with van der Waals surface area (Å²) in [7, 11) is 0. The van der Waals surface area contributed by atoms with Crippen LogP contribution in [-0.2, 0) is 45.1 Å². The van der Waals surface area contributed by atoms with E-state index in [4.69, 9.17) is 9.47 Å². The molecule has 60 heavy (non-hydrogen) atoms. The Labute approximate surface area is 349 Å². The minimum Gasteiger partial charge on any atom is -0.481 e. The Kier molecular flexibility index (Phi) is 13.3. The average molecular weight is 803 g/mol. The first kappa shape index (κ1) is 41.0. The standard InChI is InChI=1S/C50H46N2O8/c53-47(51(31-29-35-13-5-1-6-14-35)33-37-21-25-41(26-22-37)59-39-17-9-3-10-18-39)43-44(46(50(57)58)45(43)49(55)56)48(54)52(32-30-36-15-7-2-8-16-36)34-38-23-27-42(28-24-38)60-40-19-11-4-12-20-40/h1-28,43-46H,29-34H2,(H,55,56)(H,57,58)/t43-,44-,45-,46-/m1/s1. The van der Waals surface area contributed by atoms with Gasteiger partial charge >= 0.3 is 11.9 Å². The first-order chi connectivity index (χ1) is 29.2. The predicted octanol–water partition coefficient (Wildman–Crippen LogP) is 8.76. The number of benzene rings is 6. The molecule has 10 heteroatoms. The summed E-state index contributed by atoms with van der Waals surface area (Å²) >= 11 is 0. The number of amides is 2. The second kappa shape index (κ2) is 19.5. The Morgan fingerprint density at radius 3 is 1.00 bits per heavy atom. The highest BCUT2D eigenvalue weighted by Crippen LogP contribution is 2.49. The molecule has 6 aromatic carbocycles. The maximum atomic E-state index is 14.9. The topological polar surface area (TPSA) is 134 Å². The lowest BCUT2D eigenvalue weighted by Gasteiger charge is -2.48. The van der Waals surface area contributed by atoms with Gasteiger partial charge < -0.3 is 29.5 Å². The Balaban J connectivity index is 1.17. The van der Waals surface area contributed by atoms with E-state index < -0.39 is 47.4 Å². The van der Waals surface area contributed by atoms with Crippen LogP contribution in [0.1, 0.15) is 22.3 Å². The van der Waals surface area contributed by atoms with Gasteiger partial charge in [0.2, 0.25) is 11.8 Å². The number of nitrogens with zero attached hydrogens (tertiary/aromatic N) is 2. The van der Waals surface area contributed by atoms with Gasteiger partial charge in [-0.1, -0.05) is 121 Å². The van der Waals surface area contributed by atoms with E-state index in [-0.39, 0.29) is 26.2 Å². The van der Waals surface area contributed by atoms with E-state index >= 15 is 0 Å². The molecule has 0 unspecified atom stereocenters. The van der Waals surface area contributed by atoms with Crippen LogP contribution in [0.3, 0.4) is 0 Å². The first-order valence-electron chi connectivity index (χ1n) is 20.0. The zero-order valence-electron chi connectivity index (χ0n) is 33.0. The van der Waals surface area contributed by atoms with E-state index in [1.54, 1.807) is 34.1 Å². The van der Waals surface area contributed by atoms with E-state index in [0.717, 1.165) is 22.3 Å². The number of carboxylic acid groups (broad SMARTS) is 2. The molecule has 0 radical (unpaired) electrons. The van der Waals surface area contributed by atoms with E-state index in [1.807, 2.05) is 146 Å². The minimum absolute atomic E-state index is 0.105. The molecule has 0 spiro atoms. The largest absolute Gasteiger partial charge is 0.481 e. The van der Waals surface area contributed by atoms with E-state index in [9.17, 15) is 29.4 Å². The summed E-state index contributed by atoms with van der Waals surface area (Å²) in [6.07, 6.45) is 0.917. The lowest BCUT2D eigenvalue weighted by atomic mass is 9.55. The predicted molar refractivity (Wildman–Crippen MR) is 226 cm³/mol. The highest BCUT2D eigenvalue weighted by Gasteiger charge is 2.64. The van der Waals surface area contributed by atoms with Gasteiger partial charge in [0.05, 0.1) is 23.7 Å². The number of carbonyl (C=O) groups excluding carboxylic acids is 2. The van der Waals surface area contributed by atoms with Crippen LogP contribution >= 0.6 is 0 Å². The highest BCUT2D eigenvalue weighted by molar-refractivity contribution is 5.99. The molecule has 304 valence electrons. The molecular formula is C50H46N2O8. The normalized spacial score (nSPS) is 16.8. The number of carboxylic acids is 2. The summed E-state index contributed by atoms with van der Waals surface area (Å²) in [6, 6.07) is 52.4. The fourth-order valence-electron chi connectivity index (χ4n) is 7.77. The summed E-state index contributed by atoms with van der Waals surface area (Å²) in [4.78, 5) is 58.6. The van der Waals surface area contributed by atoms with Crippen molar-refractivity contribution in [1.82, 2.24) is 9.80 Å². The van der Waals surface area contributed by atoms with Crippen molar-refractivity contribution in [3.8, 4) is 23.0 Å². The van der Waals surface area contributed by atoms with Gasteiger partial charge in [-0.25, -0.2) is 0 Å². The molecule has 7 rings (SSSR count).